The van der Waals surface area contributed by atoms with Crippen LogP contribution in [0.25, 0.3) is 22.4 Å². The molecule has 8 heteroatoms. The zero-order valence-corrected chi connectivity index (χ0v) is 22.6. The second-order valence-electron chi connectivity index (χ2n) is 9.32. The number of hydrogen-bond acceptors (Lipinski definition) is 5. The first kappa shape index (κ1) is 25.2. The average molecular weight is 552 g/mol. The highest BCUT2D eigenvalue weighted by Gasteiger charge is 2.28. The summed E-state index contributed by atoms with van der Waals surface area (Å²) in [5.41, 5.74) is 6.58. The number of anilines is 1. The number of nitrogens with zero attached hydrogens (tertiary/aromatic N) is 2. The van der Waals surface area contributed by atoms with Gasteiger partial charge in [-0.05, 0) is 52.9 Å². The molecule has 1 aliphatic rings. The summed E-state index contributed by atoms with van der Waals surface area (Å²) in [4.78, 5) is 17.6. The highest BCUT2D eigenvalue weighted by atomic mass is 32.2. The van der Waals surface area contributed by atoms with Crippen molar-refractivity contribution in [2.45, 2.75) is 17.9 Å². The number of amides is 1. The highest BCUT2D eigenvalue weighted by molar-refractivity contribution is 7.89. The van der Waals surface area contributed by atoms with Crippen LogP contribution in [0, 0.1) is 0 Å². The Labute approximate surface area is 231 Å². The normalized spacial score (nSPS) is 13.5. The van der Waals surface area contributed by atoms with Crippen LogP contribution in [0.15, 0.2) is 113 Å². The first-order chi connectivity index (χ1) is 19.0. The van der Waals surface area contributed by atoms with Gasteiger partial charge in [-0.3, -0.25) is 10.1 Å². The number of carbonyl (C=O) groups excluding carboxylic acids is 1. The molecular weight excluding hydrogens is 526 g/mol. The van der Waals surface area contributed by atoms with Crippen LogP contribution in [0.1, 0.15) is 21.5 Å². The standard InChI is InChI=1S/C31H25N3O3S2/c35-30(33-31-32-29(21-38-31)25-12-10-24(11-13-25)22-6-2-1-3-7-22)26-14-16-28(17-15-26)39(36,37)34-19-18-23-8-4-5-9-27(23)20-34/h1-17,21H,18-20H2,(H,32,33,35). The third-order valence-corrected chi connectivity index (χ3v) is 9.48. The van der Waals surface area contributed by atoms with E-state index in [9.17, 15) is 13.2 Å². The predicted molar refractivity (Wildman–Crippen MR) is 155 cm³/mol. The maximum atomic E-state index is 13.2. The SMILES string of the molecule is O=C(Nc1nc(-c2ccc(-c3ccccc3)cc2)cs1)c1ccc(S(=O)(=O)N2CCc3ccccc3C2)cc1. The van der Waals surface area contributed by atoms with Gasteiger partial charge in [-0.25, -0.2) is 13.4 Å². The molecular formula is C31H25N3O3S2. The molecule has 0 bridgehead atoms. The molecule has 1 N–H and O–H groups in total. The molecule has 0 saturated carbocycles. The Morgan fingerprint density at radius 2 is 1.41 bits per heavy atom. The number of fused-ring (bicyclic) bond motifs is 1. The predicted octanol–water partition coefficient (Wildman–Crippen LogP) is 6.48. The van der Waals surface area contributed by atoms with Gasteiger partial charge in [0.25, 0.3) is 5.91 Å². The van der Waals surface area contributed by atoms with Crippen molar-refractivity contribution < 1.29 is 13.2 Å². The maximum Gasteiger partial charge on any atom is 0.257 e. The van der Waals surface area contributed by atoms with Crippen molar-refractivity contribution in [1.82, 2.24) is 9.29 Å². The Hall–Kier alpha value is -4.11. The van der Waals surface area contributed by atoms with E-state index in [2.05, 4.69) is 34.6 Å². The summed E-state index contributed by atoms with van der Waals surface area (Å²) in [6.07, 6.45) is 0.683. The molecule has 2 heterocycles. The van der Waals surface area contributed by atoms with Crippen LogP contribution in [0.5, 0.6) is 0 Å². The van der Waals surface area contributed by atoms with E-state index in [-0.39, 0.29) is 10.8 Å². The molecule has 6 rings (SSSR count). The van der Waals surface area contributed by atoms with Gasteiger partial charge in [-0.1, -0.05) is 78.9 Å². The molecule has 5 aromatic rings. The molecule has 1 aromatic heterocycles. The smallest absolute Gasteiger partial charge is 0.257 e. The summed E-state index contributed by atoms with van der Waals surface area (Å²) < 4.78 is 27.9. The number of hydrogen-bond donors (Lipinski definition) is 1. The Bertz CT molecular complexity index is 1730. The lowest BCUT2D eigenvalue weighted by Gasteiger charge is -2.28. The minimum absolute atomic E-state index is 0.175. The van der Waals surface area contributed by atoms with Crippen molar-refractivity contribution in [2.75, 3.05) is 11.9 Å². The summed E-state index contributed by atoms with van der Waals surface area (Å²) in [5, 5.41) is 5.21. The summed E-state index contributed by atoms with van der Waals surface area (Å²) >= 11 is 1.34. The Morgan fingerprint density at radius 3 is 2.15 bits per heavy atom. The number of carbonyl (C=O) groups is 1. The van der Waals surface area contributed by atoms with E-state index in [4.69, 9.17) is 0 Å². The molecule has 6 nitrogen and oxygen atoms in total. The van der Waals surface area contributed by atoms with E-state index in [1.165, 1.54) is 45.5 Å². The summed E-state index contributed by atoms with van der Waals surface area (Å²) in [6.45, 7) is 0.783. The van der Waals surface area contributed by atoms with Crippen LogP contribution < -0.4 is 5.32 Å². The molecule has 0 radical (unpaired) electrons. The fraction of sp³-hybridized carbons (Fsp3) is 0.0968. The molecule has 0 unspecified atom stereocenters. The lowest BCUT2D eigenvalue weighted by molar-refractivity contribution is 0.102. The van der Waals surface area contributed by atoms with Gasteiger partial charge in [0.2, 0.25) is 10.0 Å². The van der Waals surface area contributed by atoms with Crippen LogP contribution in [0.4, 0.5) is 5.13 Å². The van der Waals surface area contributed by atoms with Crippen molar-refractivity contribution in [3.63, 3.8) is 0 Å². The summed E-state index contributed by atoms with van der Waals surface area (Å²) in [6, 6.07) is 32.3. The molecule has 194 valence electrons. The molecule has 0 saturated heterocycles. The number of benzene rings is 4. The topological polar surface area (TPSA) is 79.4 Å². The first-order valence-electron chi connectivity index (χ1n) is 12.6. The van der Waals surface area contributed by atoms with Crippen molar-refractivity contribution in [3.05, 3.63) is 125 Å². The van der Waals surface area contributed by atoms with Crippen molar-refractivity contribution >= 4 is 32.4 Å². The molecule has 0 spiro atoms. The highest BCUT2D eigenvalue weighted by Crippen LogP contribution is 2.29. The minimum atomic E-state index is -3.66. The van der Waals surface area contributed by atoms with Gasteiger partial charge in [-0.2, -0.15) is 4.31 Å². The van der Waals surface area contributed by atoms with Crippen LogP contribution >= 0.6 is 11.3 Å². The van der Waals surface area contributed by atoms with Gasteiger partial charge in [-0.15, -0.1) is 11.3 Å². The maximum absolute atomic E-state index is 13.2. The van der Waals surface area contributed by atoms with Crippen molar-refractivity contribution in [2.24, 2.45) is 0 Å². The minimum Gasteiger partial charge on any atom is -0.298 e. The van der Waals surface area contributed by atoms with E-state index >= 15 is 0 Å². The lowest BCUT2D eigenvalue weighted by Crippen LogP contribution is -2.35. The second kappa shape index (κ2) is 10.6. The quantitative estimate of drug-likeness (QED) is 0.262. The Morgan fingerprint density at radius 1 is 0.769 bits per heavy atom. The fourth-order valence-electron chi connectivity index (χ4n) is 4.70. The number of thiazole rings is 1. The number of rotatable bonds is 6. The van der Waals surface area contributed by atoms with E-state index < -0.39 is 10.0 Å². The number of sulfonamides is 1. The monoisotopic (exact) mass is 551 g/mol. The Kier molecular flexibility index (Phi) is 6.83. The third-order valence-electron chi connectivity index (χ3n) is 6.86. The van der Waals surface area contributed by atoms with Gasteiger partial charge < -0.3 is 0 Å². The summed E-state index contributed by atoms with van der Waals surface area (Å²) in [7, 11) is -3.66. The molecule has 1 amide bonds. The van der Waals surface area contributed by atoms with Gasteiger partial charge in [0.1, 0.15) is 0 Å². The third kappa shape index (κ3) is 5.27. The van der Waals surface area contributed by atoms with E-state index in [0.29, 0.717) is 30.2 Å². The molecule has 4 aromatic carbocycles. The van der Waals surface area contributed by atoms with Crippen LogP contribution in [-0.2, 0) is 23.0 Å². The van der Waals surface area contributed by atoms with E-state index in [1.54, 1.807) is 0 Å². The fourth-order valence-corrected chi connectivity index (χ4v) is 6.83. The summed E-state index contributed by atoms with van der Waals surface area (Å²) in [5.74, 6) is -0.342. The van der Waals surface area contributed by atoms with Gasteiger partial charge >= 0.3 is 0 Å². The largest absolute Gasteiger partial charge is 0.298 e. The zero-order valence-electron chi connectivity index (χ0n) is 20.9. The van der Waals surface area contributed by atoms with Crippen LogP contribution in [-0.4, -0.2) is 30.2 Å². The number of aromatic nitrogens is 1. The van der Waals surface area contributed by atoms with Gasteiger partial charge in [0.15, 0.2) is 5.13 Å². The van der Waals surface area contributed by atoms with Gasteiger partial charge in [0.05, 0.1) is 10.6 Å². The van der Waals surface area contributed by atoms with Gasteiger partial charge in [0, 0.05) is 29.6 Å². The van der Waals surface area contributed by atoms with E-state index in [1.807, 2.05) is 60.0 Å². The average Bonchev–Trinajstić information content (AvgIpc) is 3.46. The van der Waals surface area contributed by atoms with Crippen LogP contribution in [0.2, 0.25) is 0 Å². The molecule has 0 fully saturated rings. The zero-order chi connectivity index (χ0) is 26.8. The Balaban J connectivity index is 1.12. The van der Waals surface area contributed by atoms with Crippen molar-refractivity contribution in [1.29, 1.82) is 0 Å². The second-order valence-corrected chi connectivity index (χ2v) is 12.1. The van der Waals surface area contributed by atoms with Crippen molar-refractivity contribution in [3.8, 4) is 22.4 Å². The molecule has 39 heavy (non-hydrogen) atoms. The van der Waals surface area contributed by atoms with E-state index in [0.717, 1.165) is 27.9 Å². The first-order valence-corrected chi connectivity index (χ1v) is 14.9. The van der Waals surface area contributed by atoms with Crippen LogP contribution in [0.3, 0.4) is 0 Å². The molecule has 0 aliphatic carbocycles. The molecule has 1 aliphatic heterocycles. The number of nitrogens with one attached hydrogen (secondary N) is 1. The lowest BCUT2D eigenvalue weighted by atomic mass is 10.0. The molecule has 0 atom stereocenters.